The molecule has 0 fully saturated rings. The van der Waals surface area contributed by atoms with E-state index in [1.54, 1.807) is 6.08 Å². The van der Waals surface area contributed by atoms with Crippen molar-refractivity contribution < 1.29 is 8.42 Å². The highest BCUT2D eigenvalue weighted by atomic mass is 32.2. The first-order chi connectivity index (χ1) is 5.81. The smallest absolute Gasteiger partial charge is 0.180 e. The number of rotatable bonds is 2. The Morgan fingerprint density at radius 1 is 1.46 bits per heavy atom. The molecule has 74 valence electrons. The van der Waals surface area contributed by atoms with E-state index in [1.165, 1.54) is 6.21 Å². The molecule has 0 bridgehead atoms. The molecule has 0 saturated carbocycles. The summed E-state index contributed by atoms with van der Waals surface area (Å²) < 4.78 is 23.4. The number of hydrogen-bond donors (Lipinski definition) is 0. The molecule has 3 nitrogen and oxygen atoms in total. The summed E-state index contributed by atoms with van der Waals surface area (Å²) in [6.45, 7) is 6.24. The number of sulfone groups is 1. The Hall–Kier alpha value is -0.640. The fourth-order valence-corrected chi connectivity index (χ4v) is 3.07. The average molecular weight is 201 g/mol. The monoisotopic (exact) mass is 201 g/mol. The number of hydrogen-bond acceptors (Lipinski definition) is 3. The van der Waals surface area contributed by atoms with Gasteiger partial charge >= 0.3 is 0 Å². The van der Waals surface area contributed by atoms with Crippen molar-refractivity contribution in [1.82, 2.24) is 0 Å². The second-order valence-corrected chi connectivity index (χ2v) is 6.41. The van der Waals surface area contributed by atoms with Gasteiger partial charge in [0.2, 0.25) is 0 Å². The first-order valence-corrected chi connectivity index (χ1v) is 5.89. The van der Waals surface area contributed by atoms with Gasteiger partial charge < -0.3 is 0 Å². The van der Waals surface area contributed by atoms with Gasteiger partial charge in [0.15, 0.2) is 9.84 Å². The Labute approximate surface area is 79.5 Å². The first-order valence-electron chi connectivity index (χ1n) is 4.24. The maximum Gasteiger partial charge on any atom is 0.180 e. The molecule has 1 rings (SSSR count). The Bertz CT molecular complexity index is 344. The first kappa shape index (κ1) is 10.4. The highest BCUT2D eigenvalue weighted by Gasteiger charge is 2.25. The summed E-state index contributed by atoms with van der Waals surface area (Å²) in [7, 11) is -3.11. The third-order valence-corrected chi connectivity index (χ3v) is 3.83. The zero-order valence-electron chi connectivity index (χ0n) is 8.24. The third-order valence-electron chi connectivity index (χ3n) is 1.60. The van der Waals surface area contributed by atoms with Crippen molar-refractivity contribution in [2.24, 2.45) is 10.4 Å². The van der Waals surface area contributed by atoms with Crippen LogP contribution in [0.15, 0.2) is 16.0 Å². The molecule has 0 aromatic rings. The highest BCUT2D eigenvalue weighted by Crippen LogP contribution is 2.21. The van der Waals surface area contributed by atoms with Crippen LogP contribution in [0, 0.1) is 5.41 Å². The highest BCUT2D eigenvalue weighted by molar-refractivity contribution is 7.96. The minimum Gasteiger partial charge on any atom is -0.288 e. The molecular formula is C9H15NO2S. The van der Waals surface area contributed by atoms with Crippen LogP contribution in [0.25, 0.3) is 0 Å². The van der Waals surface area contributed by atoms with Crippen LogP contribution in [0.3, 0.4) is 0 Å². The van der Waals surface area contributed by atoms with Crippen LogP contribution in [0.2, 0.25) is 0 Å². The molecule has 0 unspecified atom stereocenters. The normalized spacial score (nSPS) is 17.6. The van der Waals surface area contributed by atoms with E-state index in [2.05, 4.69) is 4.99 Å². The molecule has 0 aliphatic carbocycles. The van der Waals surface area contributed by atoms with Gasteiger partial charge in [-0.2, -0.15) is 0 Å². The maximum absolute atomic E-state index is 11.7. The van der Waals surface area contributed by atoms with Crippen LogP contribution in [-0.2, 0) is 9.84 Å². The Kier molecular flexibility index (Phi) is 2.61. The minimum atomic E-state index is -3.11. The fourth-order valence-electron chi connectivity index (χ4n) is 1.20. The molecule has 0 saturated heterocycles. The standard InChI is InChI=1S/C9H15NO2S/c1-9(2,3)7-13(11,12)8-4-5-10-6-8/h4,6H,5,7H2,1-3H3. The Balaban J connectivity index is 2.84. The molecular weight excluding hydrogens is 186 g/mol. The van der Waals surface area contributed by atoms with E-state index in [4.69, 9.17) is 0 Å². The second-order valence-electron chi connectivity index (χ2n) is 4.42. The van der Waals surface area contributed by atoms with E-state index in [1.807, 2.05) is 20.8 Å². The van der Waals surface area contributed by atoms with E-state index >= 15 is 0 Å². The van der Waals surface area contributed by atoms with Crippen molar-refractivity contribution in [3.8, 4) is 0 Å². The molecule has 0 N–H and O–H groups in total. The number of allylic oxidation sites excluding steroid dienone is 1. The molecule has 0 amide bonds. The minimum absolute atomic E-state index is 0.178. The lowest BCUT2D eigenvalue weighted by Gasteiger charge is -2.17. The van der Waals surface area contributed by atoms with Crippen LogP contribution in [0.5, 0.6) is 0 Å². The molecule has 0 aromatic carbocycles. The SMILES string of the molecule is CC(C)(C)CS(=O)(=O)C1=CCN=C1. The lowest BCUT2D eigenvalue weighted by molar-refractivity contribution is 0.464. The van der Waals surface area contributed by atoms with Crippen molar-refractivity contribution in [2.75, 3.05) is 12.3 Å². The average Bonchev–Trinajstić information content (AvgIpc) is 2.29. The zero-order valence-corrected chi connectivity index (χ0v) is 9.06. The summed E-state index contributed by atoms with van der Waals surface area (Å²) in [5.74, 6) is 0.178. The largest absolute Gasteiger partial charge is 0.288 e. The van der Waals surface area contributed by atoms with Gasteiger partial charge in [-0.1, -0.05) is 20.8 Å². The lowest BCUT2D eigenvalue weighted by Crippen LogP contribution is -2.22. The topological polar surface area (TPSA) is 46.5 Å². The Morgan fingerprint density at radius 2 is 2.08 bits per heavy atom. The zero-order chi connectivity index (χ0) is 10.1. The van der Waals surface area contributed by atoms with Gasteiger partial charge in [-0.05, 0) is 11.5 Å². The van der Waals surface area contributed by atoms with Crippen molar-refractivity contribution in [3.05, 3.63) is 11.0 Å². The molecule has 4 heteroatoms. The molecule has 0 aromatic heterocycles. The van der Waals surface area contributed by atoms with Gasteiger partial charge in [0.1, 0.15) is 0 Å². The van der Waals surface area contributed by atoms with E-state index < -0.39 is 9.84 Å². The molecule has 1 aliphatic rings. The molecule has 0 radical (unpaired) electrons. The molecule has 1 heterocycles. The van der Waals surface area contributed by atoms with Crippen molar-refractivity contribution in [2.45, 2.75) is 20.8 Å². The predicted octanol–water partition coefficient (Wildman–Crippen LogP) is 1.42. The maximum atomic E-state index is 11.7. The lowest BCUT2D eigenvalue weighted by atomic mass is 10.0. The van der Waals surface area contributed by atoms with Crippen molar-refractivity contribution >= 4 is 16.1 Å². The van der Waals surface area contributed by atoms with Crippen LogP contribution in [-0.4, -0.2) is 26.9 Å². The summed E-state index contributed by atoms with van der Waals surface area (Å²) in [6.07, 6.45) is 3.10. The summed E-state index contributed by atoms with van der Waals surface area (Å²) in [4.78, 5) is 4.24. The van der Waals surface area contributed by atoms with Gasteiger partial charge in [-0.15, -0.1) is 0 Å². The van der Waals surface area contributed by atoms with Crippen LogP contribution in [0.4, 0.5) is 0 Å². The van der Waals surface area contributed by atoms with Gasteiger partial charge in [0, 0.05) is 6.21 Å². The fraction of sp³-hybridized carbons (Fsp3) is 0.667. The summed E-state index contributed by atoms with van der Waals surface area (Å²) in [5.41, 5.74) is -0.198. The van der Waals surface area contributed by atoms with E-state index in [-0.39, 0.29) is 11.2 Å². The predicted molar refractivity (Wildman–Crippen MR) is 54.7 cm³/mol. The van der Waals surface area contributed by atoms with E-state index in [0.29, 0.717) is 11.4 Å². The second kappa shape index (κ2) is 3.25. The van der Waals surface area contributed by atoms with Crippen molar-refractivity contribution in [1.29, 1.82) is 0 Å². The van der Waals surface area contributed by atoms with Gasteiger partial charge in [-0.25, -0.2) is 8.42 Å². The Morgan fingerprint density at radius 3 is 2.46 bits per heavy atom. The molecule has 1 aliphatic heterocycles. The molecule has 0 atom stereocenters. The molecule has 13 heavy (non-hydrogen) atoms. The van der Waals surface area contributed by atoms with E-state index in [0.717, 1.165) is 0 Å². The van der Waals surface area contributed by atoms with Gasteiger partial charge in [0.25, 0.3) is 0 Å². The van der Waals surface area contributed by atoms with Crippen LogP contribution in [0.1, 0.15) is 20.8 Å². The van der Waals surface area contributed by atoms with Crippen LogP contribution < -0.4 is 0 Å². The van der Waals surface area contributed by atoms with Gasteiger partial charge in [0.05, 0.1) is 17.2 Å². The van der Waals surface area contributed by atoms with E-state index in [9.17, 15) is 8.42 Å². The number of nitrogens with zero attached hydrogens (tertiary/aromatic N) is 1. The van der Waals surface area contributed by atoms with Gasteiger partial charge in [-0.3, -0.25) is 4.99 Å². The summed E-state index contributed by atoms with van der Waals surface area (Å²) >= 11 is 0. The number of aliphatic imine (C=N–C) groups is 1. The summed E-state index contributed by atoms with van der Waals surface area (Å²) in [6, 6.07) is 0. The molecule has 0 spiro atoms. The summed E-state index contributed by atoms with van der Waals surface area (Å²) in [5, 5.41) is 0. The quantitative estimate of drug-likeness (QED) is 0.678. The van der Waals surface area contributed by atoms with Crippen molar-refractivity contribution in [3.63, 3.8) is 0 Å². The third kappa shape index (κ3) is 2.95. The van der Waals surface area contributed by atoms with Crippen LogP contribution >= 0.6 is 0 Å².